The van der Waals surface area contributed by atoms with Gasteiger partial charge in [-0.15, -0.1) is 11.3 Å². The van der Waals surface area contributed by atoms with Crippen LogP contribution in [0.5, 0.6) is 11.5 Å². The highest BCUT2D eigenvalue weighted by atomic mass is 35.5. The standard InChI is InChI=1S/C36H40Cl2N4O4S/c1-20-23(6-4-7-31(20)45-3)19-42(27-9-10-27)36(44)34-25-12-22(13-26(15-25)41-39)14-28(34)32-18-40-33(47-32)8-5-11-46-35-29(37)16-24(21(2)43)17-30(35)38/h4,6-7,16-18,21-22,25,27,43H,5,8-15,19H2,1-3H3/t21-,22-,25-/m1/s1. The molecule has 0 unspecified atom stereocenters. The topological polar surface area (TPSA) is 108 Å². The van der Waals surface area contributed by atoms with E-state index in [1.807, 2.05) is 25.3 Å². The van der Waals surface area contributed by atoms with Gasteiger partial charge in [0.15, 0.2) is 5.75 Å². The molecule has 2 fully saturated rings. The molecule has 248 valence electrons. The molecule has 0 aliphatic heterocycles. The number of rotatable bonds is 12. The Kier molecular flexibility index (Phi) is 10.4. The molecule has 0 radical (unpaired) electrons. The molecule has 47 heavy (non-hydrogen) atoms. The van der Waals surface area contributed by atoms with Gasteiger partial charge in [-0.3, -0.25) is 4.79 Å². The Labute approximate surface area is 289 Å². The number of halogens is 2. The van der Waals surface area contributed by atoms with E-state index in [1.165, 1.54) is 0 Å². The summed E-state index contributed by atoms with van der Waals surface area (Å²) in [6, 6.07) is 9.58. The Bertz CT molecular complexity index is 1720. The Morgan fingerprint density at radius 1 is 1.21 bits per heavy atom. The fourth-order valence-corrected chi connectivity index (χ4v) is 8.61. The first-order chi connectivity index (χ1) is 22.7. The molecule has 11 heteroatoms. The van der Waals surface area contributed by atoms with Gasteiger partial charge in [0.05, 0.1) is 46.2 Å². The second kappa shape index (κ2) is 14.5. The van der Waals surface area contributed by atoms with E-state index in [4.69, 9.17) is 37.7 Å². The smallest absolute Gasteiger partial charge is 0.269 e. The Hall–Kier alpha value is -3.20. The van der Waals surface area contributed by atoms with Crippen molar-refractivity contribution >= 4 is 51.7 Å². The van der Waals surface area contributed by atoms with E-state index in [9.17, 15) is 15.4 Å². The highest BCUT2D eigenvalue weighted by molar-refractivity contribution is 7.12. The number of ether oxygens (including phenoxy) is 2. The van der Waals surface area contributed by atoms with Crippen molar-refractivity contribution in [3.05, 3.63) is 84.3 Å². The van der Waals surface area contributed by atoms with Gasteiger partial charge in [-0.1, -0.05) is 35.3 Å². The largest absolute Gasteiger partial charge is 0.496 e. The zero-order valence-corrected chi connectivity index (χ0v) is 29.3. The summed E-state index contributed by atoms with van der Waals surface area (Å²) >= 11 is 14.4. The molecule has 3 atom stereocenters. The number of benzene rings is 2. The van der Waals surface area contributed by atoms with Crippen molar-refractivity contribution in [2.24, 2.45) is 11.8 Å². The number of aromatic nitrogens is 1. The second-order valence-electron chi connectivity index (χ2n) is 12.9. The Morgan fingerprint density at radius 2 is 1.98 bits per heavy atom. The summed E-state index contributed by atoms with van der Waals surface area (Å²) in [6.07, 6.45) is 7.70. The number of aryl methyl sites for hydroxylation is 1. The number of carbonyl (C=O) groups excluding carboxylic acids is 1. The van der Waals surface area contributed by atoms with Gasteiger partial charge in [0.2, 0.25) is 0 Å². The maximum Gasteiger partial charge on any atom is 0.269 e. The number of hydrogen-bond acceptors (Lipinski definition) is 6. The van der Waals surface area contributed by atoms with Crippen molar-refractivity contribution < 1.29 is 24.2 Å². The van der Waals surface area contributed by atoms with Gasteiger partial charge in [0, 0.05) is 43.1 Å². The van der Waals surface area contributed by atoms with E-state index < -0.39 is 6.10 Å². The molecule has 2 saturated carbocycles. The zero-order chi connectivity index (χ0) is 33.2. The lowest BCUT2D eigenvalue weighted by Gasteiger charge is -2.37. The maximum absolute atomic E-state index is 14.7. The lowest BCUT2D eigenvalue weighted by atomic mass is 9.68. The number of hydrogen-bond donors (Lipinski definition) is 1. The summed E-state index contributed by atoms with van der Waals surface area (Å²) in [5.74, 6) is 1.66. The van der Waals surface area contributed by atoms with Crippen LogP contribution in [0.3, 0.4) is 0 Å². The second-order valence-corrected chi connectivity index (χ2v) is 14.9. The number of aliphatic hydroxyl groups excluding tert-OH is 1. The van der Waals surface area contributed by atoms with E-state index in [-0.39, 0.29) is 17.9 Å². The molecule has 8 nitrogen and oxygen atoms in total. The van der Waals surface area contributed by atoms with E-state index in [0.29, 0.717) is 59.7 Å². The molecule has 3 aliphatic carbocycles. The van der Waals surface area contributed by atoms with Gasteiger partial charge >= 0.3 is 0 Å². The molecule has 1 N–H and O–H groups in total. The molecule has 1 amide bonds. The third kappa shape index (κ3) is 7.45. The van der Waals surface area contributed by atoms with E-state index in [2.05, 4.69) is 15.8 Å². The van der Waals surface area contributed by atoms with E-state index in [0.717, 1.165) is 75.7 Å². The normalized spacial score (nSPS) is 19.7. The number of carbonyl (C=O) groups is 1. The number of nitrogens with zero attached hydrogens (tertiary/aromatic N) is 4. The molecule has 2 bridgehead atoms. The van der Waals surface area contributed by atoms with E-state index in [1.54, 1.807) is 37.5 Å². The molecule has 6 rings (SSSR count). The fourth-order valence-electron chi connectivity index (χ4n) is 6.97. The first-order valence-corrected chi connectivity index (χ1v) is 17.8. The summed E-state index contributed by atoms with van der Waals surface area (Å²) in [5.41, 5.74) is 15.2. The van der Waals surface area contributed by atoms with Crippen molar-refractivity contribution in [3.8, 4) is 11.5 Å². The number of aliphatic hydroxyl groups is 1. The Balaban J connectivity index is 1.22. The van der Waals surface area contributed by atoms with Crippen LogP contribution in [-0.4, -0.2) is 51.2 Å². The maximum atomic E-state index is 14.7. The van der Waals surface area contributed by atoms with Gasteiger partial charge in [0.1, 0.15) is 5.75 Å². The summed E-state index contributed by atoms with van der Waals surface area (Å²) < 4.78 is 11.5. The number of thiazole rings is 1. The highest BCUT2D eigenvalue weighted by Gasteiger charge is 2.44. The van der Waals surface area contributed by atoms with Crippen LogP contribution < -0.4 is 9.47 Å². The summed E-state index contributed by atoms with van der Waals surface area (Å²) in [6.45, 7) is 4.64. The van der Waals surface area contributed by atoms with Gasteiger partial charge < -0.3 is 25.0 Å². The molecular formula is C36H40Cl2N4O4S. The molecule has 2 aromatic carbocycles. The van der Waals surface area contributed by atoms with Gasteiger partial charge in [0.25, 0.3) is 11.6 Å². The van der Waals surface area contributed by atoms with Crippen LogP contribution in [0.15, 0.2) is 42.1 Å². The number of methoxy groups -OCH3 is 1. The van der Waals surface area contributed by atoms with Gasteiger partial charge in [-0.2, -0.15) is 4.79 Å². The first-order valence-electron chi connectivity index (χ1n) is 16.3. The van der Waals surface area contributed by atoms with Crippen molar-refractivity contribution in [2.75, 3.05) is 13.7 Å². The Morgan fingerprint density at radius 3 is 2.66 bits per heavy atom. The van der Waals surface area contributed by atoms with Crippen molar-refractivity contribution in [1.82, 2.24) is 9.88 Å². The lowest BCUT2D eigenvalue weighted by Crippen LogP contribution is -2.40. The molecular weight excluding hydrogens is 655 g/mol. The summed E-state index contributed by atoms with van der Waals surface area (Å²) in [7, 11) is 1.67. The van der Waals surface area contributed by atoms with Crippen molar-refractivity contribution in [1.29, 1.82) is 0 Å². The van der Waals surface area contributed by atoms with Crippen LogP contribution in [0.1, 0.15) is 84.5 Å². The van der Waals surface area contributed by atoms with Crippen LogP contribution in [-0.2, 0) is 17.8 Å². The van der Waals surface area contributed by atoms with Crippen molar-refractivity contribution in [3.63, 3.8) is 0 Å². The summed E-state index contributed by atoms with van der Waals surface area (Å²) in [5, 5.41) is 11.6. The van der Waals surface area contributed by atoms with Crippen LogP contribution in [0.2, 0.25) is 10.0 Å². The van der Waals surface area contributed by atoms with Gasteiger partial charge in [-0.25, -0.2) is 4.98 Å². The van der Waals surface area contributed by atoms with Gasteiger partial charge in [-0.05, 0) is 92.3 Å². The number of amides is 1. The third-order valence-electron chi connectivity index (χ3n) is 9.56. The predicted octanol–water partition coefficient (Wildman–Crippen LogP) is 8.27. The zero-order valence-electron chi connectivity index (χ0n) is 27.0. The molecule has 0 spiro atoms. The van der Waals surface area contributed by atoms with Crippen molar-refractivity contribution in [2.45, 2.75) is 83.9 Å². The van der Waals surface area contributed by atoms with Crippen LogP contribution in [0.25, 0.3) is 11.1 Å². The minimum absolute atomic E-state index is 0.0113. The first kappa shape index (κ1) is 33.7. The molecule has 0 saturated heterocycles. The van der Waals surface area contributed by atoms with Crippen LogP contribution >= 0.6 is 34.5 Å². The molecule has 3 aromatic rings. The minimum atomic E-state index is -0.674. The molecule has 3 aliphatic rings. The monoisotopic (exact) mass is 694 g/mol. The SMILES string of the molecule is COc1cccc(CN(C(=O)C2=C(c3cnc(CCCOc4c(Cl)cc([C@@H](C)O)cc4Cl)s3)C[C@H]3CC(=[N+]=[N-])C[C@H]2C3)C2CC2)c1C. The summed E-state index contributed by atoms with van der Waals surface area (Å²) in [4.78, 5) is 26.1. The number of allylic oxidation sites excluding steroid dienone is 1. The lowest BCUT2D eigenvalue weighted by molar-refractivity contribution is -0.129. The predicted molar refractivity (Wildman–Crippen MR) is 185 cm³/mol. The fraction of sp³-hybridized carbons (Fsp3) is 0.472. The minimum Gasteiger partial charge on any atom is -0.496 e. The average molecular weight is 696 g/mol. The van der Waals surface area contributed by atoms with Crippen LogP contribution in [0, 0.1) is 18.8 Å². The average Bonchev–Trinajstić information content (AvgIpc) is 3.79. The third-order valence-corrected chi connectivity index (χ3v) is 11.2. The highest BCUT2D eigenvalue weighted by Crippen LogP contribution is 2.48. The molecule has 1 aromatic heterocycles. The number of fused-ring (bicyclic) bond motifs is 2. The quantitative estimate of drug-likeness (QED) is 0.117. The van der Waals surface area contributed by atoms with Crippen LogP contribution in [0.4, 0.5) is 0 Å². The van der Waals surface area contributed by atoms with E-state index >= 15 is 0 Å². The molecule has 1 heterocycles.